The van der Waals surface area contributed by atoms with Gasteiger partial charge in [-0.25, -0.2) is 9.97 Å². The largest absolute Gasteiger partial charge is 0.493 e. The Kier molecular flexibility index (Phi) is 6.32. The third kappa shape index (κ3) is 4.33. The summed E-state index contributed by atoms with van der Waals surface area (Å²) in [5.74, 6) is 1.96. The molecule has 1 aromatic heterocycles. The Labute approximate surface area is 176 Å². The number of anilines is 1. The summed E-state index contributed by atoms with van der Waals surface area (Å²) in [4.78, 5) is 26.3. The molecule has 0 bridgehead atoms. The zero-order chi connectivity index (χ0) is 20.9. The lowest BCUT2D eigenvalue weighted by atomic mass is 10.1. The van der Waals surface area contributed by atoms with E-state index < -0.39 is 6.10 Å². The van der Waals surface area contributed by atoms with Crippen LogP contribution in [0.25, 0.3) is 0 Å². The lowest BCUT2D eigenvalue weighted by Crippen LogP contribution is -2.52. The van der Waals surface area contributed by atoms with Gasteiger partial charge in [0.15, 0.2) is 17.6 Å². The van der Waals surface area contributed by atoms with Crippen LogP contribution in [0.1, 0.15) is 24.6 Å². The van der Waals surface area contributed by atoms with Crippen LogP contribution in [0, 0.1) is 0 Å². The normalized spacial score (nSPS) is 17.3. The smallest absolute Gasteiger partial charge is 0.263 e. The van der Waals surface area contributed by atoms with Crippen molar-refractivity contribution in [3.05, 3.63) is 41.7 Å². The van der Waals surface area contributed by atoms with Gasteiger partial charge in [-0.05, 0) is 18.6 Å². The minimum atomic E-state index is -0.534. The molecule has 3 heterocycles. The fourth-order valence-corrected chi connectivity index (χ4v) is 3.78. The van der Waals surface area contributed by atoms with E-state index in [1.165, 1.54) is 0 Å². The van der Waals surface area contributed by atoms with Crippen LogP contribution in [-0.2, 0) is 22.6 Å². The van der Waals surface area contributed by atoms with E-state index in [0.29, 0.717) is 57.3 Å². The second kappa shape index (κ2) is 9.30. The molecule has 0 radical (unpaired) electrons. The molecule has 2 aliphatic rings. The molecule has 1 saturated heterocycles. The van der Waals surface area contributed by atoms with E-state index in [2.05, 4.69) is 9.88 Å². The van der Waals surface area contributed by atoms with Gasteiger partial charge in [0.05, 0.1) is 26.0 Å². The first kappa shape index (κ1) is 20.4. The number of carbonyl (C=O) groups is 1. The van der Waals surface area contributed by atoms with Crippen LogP contribution in [0.2, 0.25) is 0 Å². The topological polar surface area (TPSA) is 77.0 Å². The van der Waals surface area contributed by atoms with Crippen molar-refractivity contribution in [3.63, 3.8) is 0 Å². The maximum absolute atomic E-state index is 13.1. The Morgan fingerprint density at radius 1 is 1.20 bits per heavy atom. The van der Waals surface area contributed by atoms with Gasteiger partial charge in [0.2, 0.25) is 5.95 Å². The fourth-order valence-electron chi connectivity index (χ4n) is 3.78. The Hall–Kier alpha value is -2.87. The number of fused-ring (bicyclic) bond motifs is 1. The van der Waals surface area contributed by atoms with Gasteiger partial charge < -0.3 is 24.0 Å². The van der Waals surface area contributed by atoms with E-state index in [1.807, 2.05) is 42.3 Å². The van der Waals surface area contributed by atoms with Crippen molar-refractivity contribution in [3.8, 4) is 11.5 Å². The Balaban J connectivity index is 1.37. The molecule has 160 valence electrons. The first-order valence-corrected chi connectivity index (χ1v) is 10.5. The second-order valence-corrected chi connectivity index (χ2v) is 7.42. The Morgan fingerprint density at radius 2 is 1.97 bits per heavy atom. The van der Waals surface area contributed by atoms with E-state index in [0.717, 1.165) is 23.6 Å². The summed E-state index contributed by atoms with van der Waals surface area (Å²) >= 11 is 0. The van der Waals surface area contributed by atoms with Gasteiger partial charge in [0, 0.05) is 44.4 Å². The molecule has 8 heteroatoms. The Bertz CT molecular complexity index is 883. The van der Waals surface area contributed by atoms with Gasteiger partial charge in [0.25, 0.3) is 5.91 Å². The summed E-state index contributed by atoms with van der Waals surface area (Å²) in [6.45, 7) is 5.89. The summed E-state index contributed by atoms with van der Waals surface area (Å²) < 4.78 is 16.8. The van der Waals surface area contributed by atoms with E-state index in [9.17, 15) is 4.79 Å². The maximum Gasteiger partial charge on any atom is 0.263 e. The van der Waals surface area contributed by atoms with Crippen molar-refractivity contribution >= 4 is 11.9 Å². The van der Waals surface area contributed by atoms with Gasteiger partial charge in [-0.1, -0.05) is 19.1 Å². The molecule has 0 aliphatic carbocycles. The third-order valence-corrected chi connectivity index (χ3v) is 5.54. The number of para-hydroxylation sites is 2. The number of hydrogen-bond acceptors (Lipinski definition) is 7. The van der Waals surface area contributed by atoms with Crippen molar-refractivity contribution in [2.75, 3.05) is 44.8 Å². The summed E-state index contributed by atoms with van der Waals surface area (Å²) in [5, 5.41) is 0. The number of hydrogen-bond donors (Lipinski definition) is 0. The van der Waals surface area contributed by atoms with Gasteiger partial charge >= 0.3 is 0 Å². The van der Waals surface area contributed by atoms with Crippen molar-refractivity contribution in [1.29, 1.82) is 0 Å². The lowest BCUT2D eigenvalue weighted by Gasteiger charge is -2.36. The number of benzene rings is 1. The average molecular weight is 412 g/mol. The van der Waals surface area contributed by atoms with Crippen LogP contribution >= 0.6 is 0 Å². The summed E-state index contributed by atoms with van der Waals surface area (Å²) in [7, 11) is 1.60. The first-order valence-electron chi connectivity index (χ1n) is 10.5. The zero-order valence-corrected chi connectivity index (χ0v) is 17.5. The molecule has 1 aromatic carbocycles. The molecule has 0 spiro atoms. The number of carbonyl (C=O) groups excluding carboxylic acids is 1. The standard InChI is InChI=1S/C22H28N4O4/c1-3-18(30-20-7-5-4-6-19(20)28-2)21(27)25-9-11-26(12-10-25)22-23-14-16-15-29-13-8-17(16)24-22/h4-7,14,18H,3,8-13,15H2,1-2H3/t18-/m0/s1. The zero-order valence-electron chi connectivity index (χ0n) is 17.5. The van der Waals surface area contributed by atoms with E-state index in [-0.39, 0.29) is 5.91 Å². The minimum absolute atomic E-state index is 0.00608. The second-order valence-electron chi connectivity index (χ2n) is 7.42. The average Bonchev–Trinajstić information content (AvgIpc) is 2.82. The van der Waals surface area contributed by atoms with Crippen LogP contribution in [0.4, 0.5) is 5.95 Å². The molecule has 1 amide bonds. The van der Waals surface area contributed by atoms with Gasteiger partial charge in [-0.2, -0.15) is 0 Å². The number of aromatic nitrogens is 2. The monoisotopic (exact) mass is 412 g/mol. The molecular weight excluding hydrogens is 384 g/mol. The molecule has 2 aromatic rings. The van der Waals surface area contributed by atoms with Crippen LogP contribution in [0.15, 0.2) is 30.5 Å². The molecule has 30 heavy (non-hydrogen) atoms. The molecule has 0 N–H and O–H groups in total. The lowest BCUT2D eigenvalue weighted by molar-refractivity contribution is -0.139. The van der Waals surface area contributed by atoms with Crippen molar-refractivity contribution in [2.24, 2.45) is 0 Å². The van der Waals surface area contributed by atoms with Crippen LogP contribution in [0.3, 0.4) is 0 Å². The highest BCUT2D eigenvalue weighted by atomic mass is 16.5. The molecule has 0 saturated carbocycles. The highest BCUT2D eigenvalue weighted by molar-refractivity contribution is 5.81. The van der Waals surface area contributed by atoms with Crippen molar-refractivity contribution in [1.82, 2.24) is 14.9 Å². The van der Waals surface area contributed by atoms with Crippen LogP contribution in [0.5, 0.6) is 11.5 Å². The van der Waals surface area contributed by atoms with E-state index in [1.54, 1.807) is 7.11 Å². The number of ether oxygens (including phenoxy) is 3. The number of nitrogens with zero attached hydrogens (tertiary/aromatic N) is 4. The molecule has 0 unspecified atom stereocenters. The predicted octanol–water partition coefficient (Wildman–Crippen LogP) is 2.06. The molecule has 8 nitrogen and oxygen atoms in total. The highest BCUT2D eigenvalue weighted by Gasteiger charge is 2.29. The Morgan fingerprint density at radius 3 is 2.70 bits per heavy atom. The molecule has 4 rings (SSSR count). The van der Waals surface area contributed by atoms with E-state index in [4.69, 9.17) is 19.2 Å². The molecule has 2 aliphatic heterocycles. The summed E-state index contributed by atoms with van der Waals surface area (Å²) in [6.07, 6.45) is 2.74. The minimum Gasteiger partial charge on any atom is -0.493 e. The number of rotatable bonds is 6. The first-order chi connectivity index (χ1) is 14.7. The van der Waals surface area contributed by atoms with Crippen molar-refractivity contribution < 1.29 is 19.0 Å². The fraction of sp³-hybridized carbons (Fsp3) is 0.500. The number of methoxy groups -OCH3 is 1. The van der Waals surface area contributed by atoms with Crippen molar-refractivity contribution in [2.45, 2.75) is 32.5 Å². The number of amides is 1. The quantitative estimate of drug-likeness (QED) is 0.719. The maximum atomic E-state index is 13.1. The molecular formula is C22H28N4O4. The highest BCUT2D eigenvalue weighted by Crippen LogP contribution is 2.28. The SMILES string of the molecule is CC[C@H](Oc1ccccc1OC)C(=O)N1CCN(c2ncc3c(n2)CCOC3)CC1. The van der Waals surface area contributed by atoms with Crippen LogP contribution in [-0.4, -0.2) is 66.8 Å². The number of piperazine rings is 1. The van der Waals surface area contributed by atoms with Gasteiger partial charge in [-0.3, -0.25) is 4.79 Å². The molecule has 1 fully saturated rings. The predicted molar refractivity (Wildman–Crippen MR) is 112 cm³/mol. The van der Waals surface area contributed by atoms with Gasteiger partial charge in [-0.15, -0.1) is 0 Å². The molecule has 1 atom stereocenters. The van der Waals surface area contributed by atoms with Crippen LogP contribution < -0.4 is 14.4 Å². The summed E-state index contributed by atoms with van der Waals surface area (Å²) in [6, 6.07) is 7.41. The van der Waals surface area contributed by atoms with Gasteiger partial charge in [0.1, 0.15) is 0 Å². The van der Waals surface area contributed by atoms with E-state index >= 15 is 0 Å². The summed E-state index contributed by atoms with van der Waals surface area (Å²) in [5.41, 5.74) is 2.14. The third-order valence-electron chi connectivity index (χ3n) is 5.54.